The topological polar surface area (TPSA) is 46.2 Å². The summed E-state index contributed by atoms with van der Waals surface area (Å²) in [6.45, 7) is 1.97. The van der Waals surface area contributed by atoms with Gasteiger partial charge in [-0.1, -0.05) is 31.3 Å². The number of rotatable bonds is 2. The van der Waals surface area contributed by atoms with E-state index in [4.69, 9.17) is 18.0 Å². The third-order valence-electron chi connectivity index (χ3n) is 1.77. The Balaban J connectivity index is 3.23. The van der Waals surface area contributed by atoms with E-state index < -0.39 is 0 Å². The Bertz CT molecular complexity index is 309. The van der Waals surface area contributed by atoms with E-state index in [-0.39, 0.29) is 10.7 Å². The van der Waals surface area contributed by atoms with Crippen LogP contribution >= 0.6 is 12.2 Å². The van der Waals surface area contributed by atoms with Gasteiger partial charge in [0.05, 0.1) is 5.56 Å². The molecule has 0 saturated carbocycles. The van der Waals surface area contributed by atoms with Crippen LogP contribution in [-0.4, -0.2) is 10.1 Å². The van der Waals surface area contributed by atoms with E-state index >= 15 is 0 Å². The van der Waals surface area contributed by atoms with Crippen LogP contribution in [0.3, 0.4) is 0 Å². The summed E-state index contributed by atoms with van der Waals surface area (Å²) >= 11 is 4.77. The van der Waals surface area contributed by atoms with Gasteiger partial charge in [0.25, 0.3) is 0 Å². The van der Waals surface area contributed by atoms with Crippen molar-refractivity contribution < 1.29 is 5.11 Å². The van der Waals surface area contributed by atoms with Gasteiger partial charge in [-0.15, -0.1) is 0 Å². The second-order valence-corrected chi connectivity index (χ2v) is 2.97. The summed E-state index contributed by atoms with van der Waals surface area (Å²) in [7, 11) is 0. The Morgan fingerprint density at radius 3 is 2.75 bits per heavy atom. The monoisotopic (exact) mass is 181 g/mol. The van der Waals surface area contributed by atoms with Crippen molar-refractivity contribution in [3.63, 3.8) is 0 Å². The van der Waals surface area contributed by atoms with E-state index in [1.165, 1.54) is 0 Å². The first-order valence-electron chi connectivity index (χ1n) is 3.77. The molecule has 0 atom stereocenters. The fourth-order valence-corrected chi connectivity index (χ4v) is 1.24. The number of benzene rings is 1. The summed E-state index contributed by atoms with van der Waals surface area (Å²) in [4.78, 5) is 0.239. The van der Waals surface area contributed by atoms with Crippen molar-refractivity contribution in [2.45, 2.75) is 13.3 Å². The highest BCUT2D eigenvalue weighted by atomic mass is 32.1. The number of aryl methyl sites for hydroxylation is 1. The molecule has 0 aliphatic heterocycles. The zero-order valence-corrected chi connectivity index (χ0v) is 7.69. The SMILES string of the molecule is CCc1cccc(C(N)=S)c1O. The van der Waals surface area contributed by atoms with Gasteiger partial charge in [0.2, 0.25) is 0 Å². The molecule has 1 aromatic rings. The lowest BCUT2D eigenvalue weighted by molar-refractivity contribution is 0.468. The summed E-state index contributed by atoms with van der Waals surface area (Å²) in [6, 6.07) is 5.42. The van der Waals surface area contributed by atoms with E-state index in [1.807, 2.05) is 19.1 Å². The average molecular weight is 181 g/mol. The summed E-state index contributed by atoms with van der Waals surface area (Å²) in [6.07, 6.45) is 0.780. The number of phenols is 1. The summed E-state index contributed by atoms with van der Waals surface area (Å²) in [5.74, 6) is 0.215. The van der Waals surface area contributed by atoms with Gasteiger partial charge in [0.15, 0.2) is 0 Å². The molecular formula is C9H11NOS. The fourth-order valence-electron chi connectivity index (χ4n) is 1.08. The van der Waals surface area contributed by atoms with Gasteiger partial charge in [-0.2, -0.15) is 0 Å². The van der Waals surface area contributed by atoms with Crippen molar-refractivity contribution in [3.05, 3.63) is 29.3 Å². The van der Waals surface area contributed by atoms with Gasteiger partial charge < -0.3 is 10.8 Å². The van der Waals surface area contributed by atoms with E-state index in [1.54, 1.807) is 6.07 Å². The minimum Gasteiger partial charge on any atom is -0.507 e. The average Bonchev–Trinajstić information content (AvgIpc) is 2.04. The highest BCUT2D eigenvalue weighted by Crippen LogP contribution is 2.22. The van der Waals surface area contributed by atoms with Crippen LogP contribution in [-0.2, 0) is 6.42 Å². The maximum atomic E-state index is 9.59. The van der Waals surface area contributed by atoms with Gasteiger partial charge in [0, 0.05) is 0 Å². The normalized spacial score (nSPS) is 9.75. The Morgan fingerprint density at radius 2 is 2.25 bits per heavy atom. The first-order chi connectivity index (χ1) is 5.66. The summed E-state index contributed by atoms with van der Waals surface area (Å²) < 4.78 is 0. The van der Waals surface area contributed by atoms with Crippen molar-refractivity contribution >= 4 is 17.2 Å². The molecule has 2 nitrogen and oxygen atoms in total. The molecule has 0 heterocycles. The van der Waals surface area contributed by atoms with Crippen LogP contribution < -0.4 is 5.73 Å². The van der Waals surface area contributed by atoms with Crippen LogP contribution in [0, 0.1) is 0 Å². The zero-order chi connectivity index (χ0) is 9.14. The Morgan fingerprint density at radius 1 is 1.58 bits per heavy atom. The molecule has 0 spiro atoms. The Kier molecular flexibility index (Phi) is 2.65. The van der Waals surface area contributed by atoms with Crippen molar-refractivity contribution in [3.8, 4) is 5.75 Å². The van der Waals surface area contributed by atoms with Crippen LogP contribution in [0.5, 0.6) is 5.75 Å². The smallest absolute Gasteiger partial charge is 0.128 e. The maximum Gasteiger partial charge on any atom is 0.128 e. The molecule has 1 aromatic carbocycles. The quantitative estimate of drug-likeness (QED) is 0.681. The lowest BCUT2D eigenvalue weighted by Gasteiger charge is -2.05. The van der Waals surface area contributed by atoms with Gasteiger partial charge in [-0.05, 0) is 18.1 Å². The Labute approximate surface area is 77.0 Å². The maximum absolute atomic E-state index is 9.59. The fraction of sp³-hybridized carbons (Fsp3) is 0.222. The van der Waals surface area contributed by atoms with Crippen molar-refractivity contribution in [1.29, 1.82) is 0 Å². The predicted octanol–water partition coefficient (Wildman–Crippen LogP) is 1.59. The number of para-hydroxylation sites is 1. The first kappa shape index (κ1) is 9.00. The molecule has 3 heteroatoms. The number of nitrogens with two attached hydrogens (primary N) is 1. The highest BCUT2D eigenvalue weighted by Gasteiger charge is 2.06. The second kappa shape index (κ2) is 3.54. The molecule has 0 bridgehead atoms. The van der Waals surface area contributed by atoms with Crippen molar-refractivity contribution in [2.24, 2.45) is 5.73 Å². The lowest BCUT2D eigenvalue weighted by atomic mass is 10.1. The standard InChI is InChI=1S/C9H11NOS/c1-2-6-4-3-5-7(8(6)11)9(10)12/h3-5,11H,2H2,1H3,(H2,10,12). The third-order valence-corrected chi connectivity index (χ3v) is 1.99. The van der Waals surface area contributed by atoms with Gasteiger partial charge in [0.1, 0.15) is 10.7 Å². The van der Waals surface area contributed by atoms with E-state index in [0.29, 0.717) is 5.56 Å². The minimum atomic E-state index is 0.215. The van der Waals surface area contributed by atoms with E-state index in [0.717, 1.165) is 12.0 Å². The van der Waals surface area contributed by atoms with Crippen LogP contribution in [0.2, 0.25) is 0 Å². The zero-order valence-electron chi connectivity index (χ0n) is 6.87. The number of hydrogen-bond acceptors (Lipinski definition) is 2. The van der Waals surface area contributed by atoms with Gasteiger partial charge in [-0.25, -0.2) is 0 Å². The molecule has 1 rings (SSSR count). The number of aromatic hydroxyl groups is 1. The highest BCUT2D eigenvalue weighted by molar-refractivity contribution is 7.80. The largest absolute Gasteiger partial charge is 0.507 e. The number of hydrogen-bond donors (Lipinski definition) is 2. The van der Waals surface area contributed by atoms with Gasteiger partial charge >= 0.3 is 0 Å². The molecule has 12 heavy (non-hydrogen) atoms. The van der Waals surface area contributed by atoms with Crippen LogP contribution in [0.15, 0.2) is 18.2 Å². The molecule has 0 aliphatic rings. The molecule has 64 valence electrons. The summed E-state index contributed by atoms with van der Waals surface area (Å²) in [5.41, 5.74) is 6.84. The minimum absolute atomic E-state index is 0.215. The molecule has 0 aromatic heterocycles. The molecule has 0 amide bonds. The molecular weight excluding hydrogens is 170 g/mol. The second-order valence-electron chi connectivity index (χ2n) is 2.53. The van der Waals surface area contributed by atoms with E-state index in [2.05, 4.69) is 0 Å². The molecule has 0 saturated heterocycles. The van der Waals surface area contributed by atoms with Crippen molar-refractivity contribution in [2.75, 3.05) is 0 Å². The molecule has 0 unspecified atom stereocenters. The molecule has 0 fully saturated rings. The summed E-state index contributed by atoms with van der Waals surface area (Å²) in [5, 5.41) is 9.59. The first-order valence-corrected chi connectivity index (χ1v) is 4.18. The lowest BCUT2D eigenvalue weighted by Crippen LogP contribution is -2.09. The predicted molar refractivity (Wildman–Crippen MR) is 53.4 cm³/mol. The number of phenolic OH excluding ortho intramolecular Hbond substituents is 1. The van der Waals surface area contributed by atoms with Crippen molar-refractivity contribution in [1.82, 2.24) is 0 Å². The van der Waals surface area contributed by atoms with Crippen LogP contribution in [0.25, 0.3) is 0 Å². The molecule has 3 N–H and O–H groups in total. The molecule has 0 aliphatic carbocycles. The molecule has 0 radical (unpaired) electrons. The number of thiocarbonyl (C=S) groups is 1. The van der Waals surface area contributed by atoms with E-state index in [9.17, 15) is 5.11 Å². The van der Waals surface area contributed by atoms with Crippen LogP contribution in [0.1, 0.15) is 18.1 Å². The third kappa shape index (κ3) is 1.56. The van der Waals surface area contributed by atoms with Crippen LogP contribution in [0.4, 0.5) is 0 Å². The Hall–Kier alpha value is -1.09. The van der Waals surface area contributed by atoms with Gasteiger partial charge in [-0.3, -0.25) is 0 Å².